The molecule has 1 heterocycles. The van der Waals surface area contributed by atoms with Crippen molar-refractivity contribution in [2.45, 2.75) is 13.0 Å². The molecule has 120 valence electrons. The Morgan fingerprint density at radius 1 is 1.36 bits per heavy atom. The van der Waals surface area contributed by atoms with Crippen LogP contribution in [0.4, 0.5) is 5.69 Å². The summed E-state index contributed by atoms with van der Waals surface area (Å²) >= 11 is 6.10. The fourth-order valence-electron chi connectivity index (χ4n) is 2.70. The minimum absolute atomic E-state index is 0.249. The molecule has 1 aliphatic rings. The fraction of sp³-hybridized carbons (Fsp3) is 0.529. The number of aliphatic hydroxyl groups is 1. The summed E-state index contributed by atoms with van der Waals surface area (Å²) < 4.78 is 5.17. The van der Waals surface area contributed by atoms with E-state index in [9.17, 15) is 5.11 Å². The third-order valence-electron chi connectivity index (χ3n) is 3.85. The van der Waals surface area contributed by atoms with Crippen LogP contribution < -0.4 is 4.90 Å². The Hall–Kier alpha value is -1.25. The van der Waals surface area contributed by atoms with E-state index in [1.54, 1.807) is 0 Å². The Morgan fingerprint density at radius 2 is 2.09 bits per heavy atom. The zero-order chi connectivity index (χ0) is 15.9. The highest BCUT2D eigenvalue weighted by atomic mass is 35.5. The first-order chi connectivity index (χ1) is 10.6. The first-order valence-electron chi connectivity index (χ1n) is 7.53. The number of ether oxygens (including phenoxy) is 1. The lowest BCUT2D eigenvalue weighted by atomic mass is 10.1. The van der Waals surface area contributed by atoms with Crippen molar-refractivity contribution in [3.8, 4) is 12.3 Å². The Labute approximate surface area is 137 Å². The first-order valence-corrected chi connectivity index (χ1v) is 7.90. The number of rotatable bonds is 6. The molecule has 0 bridgehead atoms. The molecule has 22 heavy (non-hydrogen) atoms. The van der Waals surface area contributed by atoms with Gasteiger partial charge in [-0.15, -0.1) is 6.42 Å². The van der Waals surface area contributed by atoms with Crippen LogP contribution in [0, 0.1) is 19.3 Å². The minimum Gasteiger partial charge on any atom is -0.389 e. The van der Waals surface area contributed by atoms with Crippen LogP contribution in [-0.2, 0) is 4.74 Å². The van der Waals surface area contributed by atoms with E-state index in [-0.39, 0.29) is 13.2 Å². The number of β-amino-alcohol motifs (C(OH)–C–C–N with tert-alkyl or cyclic N) is 1. The van der Waals surface area contributed by atoms with E-state index in [0.29, 0.717) is 6.54 Å². The topological polar surface area (TPSA) is 35.9 Å². The monoisotopic (exact) mass is 322 g/mol. The Kier molecular flexibility index (Phi) is 6.53. The largest absolute Gasteiger partial charge is 0.389 e. The van der Waals surface area contributed by atoms with Crippen molar-refractivity contribution in [2.75, 3.05) is 50.8 Å². The van der Waals surface area contributed by atoms with Crippen molar-refractivity contribution in [1.29, 1.82) is 0 Å². The van der Waals surface area contributed by atoms with Gasteiger partial charge in [0.05, 0.1) is 12.7 Å². The van der Waals surface area contributed by atoms with Crippen LogP contribution in [0.5, 0.6) is 0 Å². The SMILES string of the molecule is C#CCOC[C@@H](O)CN1CCN(c2cc(Cl)ccc2C)CC1. The van der Waals surface area contributed by atoms with Gasteiger partial charge in [0.25, 0.3) is 0 Å². The Bertz CT molecular complexity index is 522. The van der Waals surface area contributed by atoms with Crippen molar-refractivity contribution in [1.82, 2.24) is 4.90 Å². The Balaban J connectivity index is 1.80. The summed E-state index contributed by atoms with van der Waals surface area (Å²) in [6.45, 7) is 6.95. The van der Waals surface area contributed by atoms with Crippen LogP contribution in [-0.4, -0.2) is 62.0 Å². The summed E-state index contributed by atoms with van der Waals surface area (Å²) in [5.74, 6) is 2.40. The molecule has 5 heteroatoms. The summed E-state index contributed by atoms with van der Waals surface area (Å²) in [4.78, 5) is 4.60. The maximum absolute atomic E-state index is 9.93. The standard InChI is InChI=1S/C17H23ClN2O2/c1-3-10-22-13-16(21)12-19-6-8-20(9-7-19)17-11-15(18)5-4-14(17)2/h1,4-5,11,16,21H,6-10,12-13H2,2H3/t16-/m0/s1. The average molecular weight is 323 g/mol. The quantitative estimate of drug-likeness (QED) is 0.640. The molecule has 1 N–H and O–H groups in total. The van der Waals surface area contributed by atoms with Gasteiger partial charge in [0.2, 0.25) is 0 Å². The number of terminal acetylenes is 1. The summed E-state index contributed by atoms with van der Waals surface area (Å²) in [5, 5.41) is 10.7. The van der Waals surface area contributed by atoms with Gasteiger partial charge in [-0.3, -0.25) is 4.90 Å². The van der Waals surface area contributed by atoms with Gasteiger partial charge >= 0.3 is 0 Å². The summed E-state index contributed by atoms with van der Waals surface area (Å²) in [5.41, 5.74) is 2.44. The number of benzene rings is 1. The van der Waals surface area contributed by atoms with Crippen molar-refractivity contribution in [3.63, 3.8) is 0 Å². The average Bonchev–Trinajstić information content (AvgIpc) is 2.51. The highest BCUT2D eigenvalue weighted by Crippen LogP contribution is 2.25. The molecule has 1 aromatic carbocycles. The lowest BCUT2D eigenvalue weighted by molar-refractivity contribution is 0.0267. The fourth-order valence-corrected chi connectivity index (χ4v) is 2.87. The minimum atomic E-state index is -0.493. The van der Waals surface area contributed by atoms with Gasteiger partial charge in [-0.1, -0.05) is 23.6 Å². The second kappa shape index (κ2) is 8.40. The number of halogens is 1. The molecule has 1 aliphatic heterocycles. The van der Waals surface area contributed by atoms with E-state index < -0.39 is 6.10 Å². The molecule has 1 fully saturated rings. The second-order valence-electron chi connectivity index (χ2n) is 5.59. The predicted octanol–water partition coefficient (Wildman–Crippen LogP) is 1.78. The van der Waals surface area contributed by atoms with Crippen molar-refractivity contribution in [2.24, 2.45) is 0 Å². The lowest BCUT2D eigenvalue weighted by Gasteiger charge is -2.37. The predicted molar refractivity (Wildman–Crippen MR) is 90.5 cm³/mol. The van der Waals surface area contributed by atoms with Gasteiger partial charge in [0, 0.05) is 43.4 Å². The van der Waals surface area contributed by atoms with Crippen LogP contribution >= 0.6 is 11.6 Å². The number of piperazine rings is 1. The van der Waals surface area contributed by atoms with E-state index in [0.717, 1.165) is 31.2 Å². The normalized spacial score (nSPS) is 17.3. The van der Waals surface area contributed by atoms with E-state index >= 15 is 0 Å². The molecular weight excluding hydrogens is 300 g/mol. The van der Waals surface area contributed by atoms with Crippen molar-refractivity contribution in [3.05, 3.63) is 28.8 Å². The van der Waals surface area contributed by atoms with Crippen LogP contribution in [0.1, 0.15) is 5.56 Å². The molecule has 0 spiro atoms. The van der Waals surface area contributed by atoms with Gasteiger partial charge < -0.3 is 14.7 Å². The molecule has 0 aliphatic carbocycles. The third kappa shape index (κ3) is 4.89. The second-order valence-corrected chi connectivity index (χ2v) is 6.03. The molecule has 1 aromatic rings. The first kappa shape index (κ1) is 17.1. The van der Waals surface area contributed by atoms with Gasteiger partial charge in [-0.2, -0.15) is 0 Å². The van der Waals surface area contributed by atoms with Gasteiger partial charge in [0.15, 0.2) is 0 Å². The smallest absolute Gasteiger partial charge is 0.107 e. The maximum atomic E-state index is 9.93. The molecule has 1 atom stereocenters. The molecule has 0 unspecified atom stereocenters. The molecule has 0 radical (unpaired) electrons. The molecule has 4 nitrogen and oxygen atoms in total. The molecule has 0 saturated carbocycles. The number of hydrogen-bond donors (Lipinski definition) is 1. The molecular formula is C17H23ClN2O2. The van der Waals surface area contributed by atoms with Crippen LogP contribution in [0.3, 0.4) is 0 Å². The van der Waals surface area contributed by atoms with Crippen LogP contribution in [0.2, 0.25) is 5.02 Å². The highest BCUT2D eigenvalue weighted by Gasteiger charge is 2.20. The van der Waals surface area contributed by atoms with E-state index in [1.165, 1.54) is 11.3 Å². The van der Waals surface area contributed by atoms with E-state index in [4.69, 9.17) is 22.8 Å². The number of nitrogens with zero attached hydrogens (tertiary/aromatic N) is 2. The Morgan fingerprint density at radius 3 is 2.77 bits per heavy atom. The zero-order valence-corrected chi connectivity index (χ0v) is 13.7. The highest BCUT2D eigenvalue weighted by molar-refractivity contribution is 6.30. The van der Waals surface area contributed by atoms with Crippen LogP contribution in [0.25, 0.3) is 0 Å². The molecule has 1 saturated heterocycles. The van der Waals surface area contributed by atoms with Crippen molar-refractivity contribution >= 4 is 17.3 Å². The van der Waals surface area contributed by atoms with Crippen LogP contribution in [0.15, 0.2) is 18.2 Å². The summed E-state index contributed by atoms with van der Waals surface area (Å²) in [6.07, 6.45) is 4.62. The van der Waals surface area contributed by atoms with Gasteiger partial charge in [-0.05, 0) is 24.6 Å². The zero-order valence-electron chi connectivity index (χ0n) is 13.0. The van der Waals surface area contributed by atoms with Crippen molar-refractivity contribution < 1.29 is 9.84 Å². The molecule has 0 amide bonds. The molecule has 2 rings (SSSR count). The van der Waals surface area contributed by atoms with Gasteiger partial charge in [0.1, 0.15) is 6.61 Å². The number of anilines is 1. The van der Waals surface area contributed by atoms with E-state index in [1.807, 2.05) is 12.1 Å². The van der Waals surface area contributed by atoms with Gasteiger partial charge in [-0.25, -0.2) is 0 Å². The number of aliphatic hydroxyl groups excluding tert-OH is 1. The number of hydrogen-bond acceptors (Lipinski definition) is 4. The third-order valence-corrected chi connectivity index (χ3v) is 4.08. The summed E-state index contributed by atoms with van der Waals surface area (Å²) in [7, 11) is 0. The maximum Gasteiger partial charge on any atom is 0.107 e. The van der Waals surface area contributed by atoms with E-state index in [2.05, 4.69) is 28.7 Å². The lowest BCUT2D eigenvalue weighted by Crippen LogP contribution is -2.49. The molecule has 0 aromatic heterocycles. The number of aryl methyl sites for hydroxylation is 1. The summed E-state index contributed by atoms with van der Waals surface area (Å²) in [6, 6.07) is 5.99.